The van der Waals surface area contributed by atoms with Crippen molar-refractivity contribution >= 4 is 34.2 Å². The summed E-state index contributed by atoms with van der Waals surface area (Å²) in [4.78, 5) is 8.01. The number of anilines is 2. The molecule has 22 heavy (non-hydrogen) atoms. The van der Waals surface area contributed by atoms with Crippen LogP contribution in [-0.4, -0.2) is 11.4 Å². The Kier molecular flexibility index (Phi) is 5.62. The highest BCUT2D eigenvalue weighted by molar-refractivity contribution is 6.06. The van der Waals surface area contributed by atoms with E-state index in [1.807, 2.05) is 12.1 Å². The number of hydrogen-bond donors (Lipinski definition) is 2. The Bertz CT molecular complexity index is 736. The second-order valence-corrected chi connectivity index (χ2v) is 3.95. The Hall–Kier alpha value is -3.88. The van der Waals surface area contributed by atoms with E-state index in [2.05, 4.69) is 9.98 Å². The summed E-state index contributed by atoms with van der Waals surface area (Å²) in [6, 6.07) is 10.1. The van der Waals surface area contributed by atoms with Gasteiger partial charge in [0.2, 0.25) is 0 Å². The van der Waals surface area contributed by atoms with Gasteiger partial charge in [0.25, 0.3) is 0 Å². The Balaban J connectivity index is 3.57. The minimum atomic E-state index is -0.197. The molecule has 106 valence electrons. The molecule has 0 aliphatic heterocycles. The third kappa shape index (κ3) is 3.81. The molecular formula is C14H10N8. The normalized spacial score (nSPS) is 10.9. The highest BCUT2D eigenvalue weighted by Gasteiger charge is 2.12. The van der Waals surface area contributed by atoms with Crippen LogP contribution in [0.15, 0.2) is 22.1 Å². The molecule has 0 fully saturated rings. The SMILES string of the molecule is N#CC/C(C#N)=N\c1c(N)ccc(N)c1/N=C(/C#N)CC#N. The number of nitriles is 4. The third-order valence-electron chi connectivity index (χ3n) is 2.46. The Morgan fingerprint density at radius 1 is 0.818 bits per heavy atom. The van der Waals surface area contributed by atoms with Crippen LogP contribution in [0.2, 0.25) is 0 Å². The van der Waals surface area contributed by atoms with Gasteiger partial charge in [0.15, 0.2) is 0 Å². The van der Waals surface area contributed by atoms with Gasteiger partial charge in [0.1, 0.15) is 34.9 Å². The molecule has 8 nitrogen and oxygen atoms in total. The van der Waals surface area contributed by atoms with Crippen LogP contribution in [0.1, 0.15) is 12.8 Å². The molecule has 0 bridgehead atoms. The lowest BCUT2D eigenvalue weighted by Gasteiger charge is -2.08. The maximum atomic E-state index is 8.95. The van der Waals surface area contributed by atoms with Gasteiger partial charge in [-0.1, -0.05) is 0 Å². The molecular weight excluding hydrogens is 280 g/mol. The van der Waals surface area contributed by atoms with Gasteiger partial charge in [-0.05, 0) is 12.1 Å². The number of benzene rings is 1. The van der Waals surface area contributed by atoms with Gasteiger partial charge in [0, 0.05) is 0 Å². The van der Waals surface area contributed by atoms with Crippen LogP contribution in [0.3, 0.4) is 0 Å². The van der Waals surface area contributed by atoms with Gasteiger partial charge < -0.3 is 11.5 Å². The summed E-state index contributed by atoms with van der Waals surface area (Å²) in [5.74, 6) is 0. The van der Waals surface area contributed by atoms with Crippen molar-refractivity contribution in [3.8, 4) is 24.3 Å². The van der Waals surface area contributed by atoms with E-state index < -0.39 is 0 Å². The molecule has 0 aromatic heterocycles. The first kappa shape index (κ1) is 16.2. The van der Waals surface area contributed by atoms with Gasteiger partial charge >= 0.3 is 0 Å². The van der Waals surface area contributed by atoms with E-state index in [-0.39, 0.29) is 47.0 Å². The summed E-state index contributed by atoms with van der Waals surface area (Å²) in [6.45, 7) is 0. The highest BCUT2D eigenvalue weighted by Crippen LogP contribution is 2.39. The Morgan fingerprint density at radius 2 is 1.18 bits per heavy atom. The summed E-state index contributed by atoms with van der Waals surface area (Å²) in [6.07, 6.45) is -0.394. The summed E-state index contributed by atoms with van der Waals surface area (Å²) >= 11 is 0. The average molecular weight is 290 g/mol. The lowest BCUT2D eigenvalue weighted by atomic mass is 10.2. The fraction of sp³-hybridized carbons (Fsp3) is 0.143. The van der Waals surface area contributed by atoms with Crippen molar-refractivity contribution in [2.45, 2.75) is 12.8 Å². The van der Waals surface area contributed by atoms with Crippen molar-refractivity contribution in [2.24, 2.45) is 9.98 Å². The maximum Gasteiger partial charge on any atom is 0.132 e. The van der Waals surface area contributed by atoms with Crippen molar-refractivity contribution in [2.75, 3.05) is 11.5 Å². The van der Waals surface area contributed by atoms with E-state index in [4.69, 9.17) is 32.5 Å². The summed E-state index contributed by atoms with van der Waals surface area (Å²) in [7, 11) is 0. The van der Waals surface area contributed by atoms with Crippen LogP contribution >= 0.6 is 0 Å². The molecule has 1 aromatic rings. The van der Waals surface area contributed by atoms with E-state index in [0.29, 0.717) is 0 Å². The number of hydrogen-bond acceptors (Lipinski definition) is 8. The van der Waals surface area contributed by atoms with Crippen molar-refractivity contribution in [3.63, 3.8) is 0 Å². The van der Waals surface area contributed by atoms with Crippen LogP contribution in [0.4, 0.5) is 22.7 Å². The summed E-state index contributed by atoms with van der Waals surface area (Å²) in [5, 5.41) is 35.2. The Labute approximate surface area is 126 Å². The van der Waals surface area contributed by atoms with Crippen LogP contribution in [0.5, 0.6) is 0 Å². The molecule has 0 spiro atoms. The quantitative estimate of drug-likeness (QED) is 0.632. The van der Waals surface area contributed by atoms with E-state index >= 15 is 0 Å². The molecule has 1 aromatic carbocycles. The molecule has 4 N–H and O–H groups in total. The predicted octanol–water partition coefficient (Wildman–Crippen LogP) is 1.87. The summed E-state index contributed by atoms with van der Waals surface area (Å²) in [5.41, 5.74) is 12.1. The second-order valence-electron chi connectivity index (χ2n) is 3.95. The molecule has 0 amide bonds. The molecule has 0 aliphatic carbocycles. The van der Waals surface area contributed by atoms with Crippen LogP contribution in [0.25, 0.3) is 0 Å². The largest absolute Gasteiger partial charge is 0.397 e. The molecule has 8 heteroatoms. The molecule has 1 rings (SSSR count). The highest BCUT2D eigenvalue weighted by atomic mass is 14.9. The van der Waals surface area contributed by atoms with E-state index in [0.717, 1.165) is 0 Å². The monoisotopic (exact) mass is 290 g/mol. The minimum absolute atomic E-state index is 0.0601. The molecule has 0 aliphatic rings. The van der Waals surface area contributed by atoms with Gasteiger partial charge in [-0.25, -0.2) is 9.98 Å². The zero-order valence-corrected chi connectivity index (χ0v) is 11.4. The molecule has 0 atom stereocenters. The summed E-state index contributed by atoms with van der Waals surface area (Å²) < 4.78 is 0. The van der Waals surface area contributed by atoms with Gasteiger partial charge in [-0.15, -0.1) is 0 Å². The molecule has 0 heterocycles. The number of nitrogens with two attached hydrogens (primary N) is 2. The number of aliphatic imine (C=N–C) groups is 2. The average Bonchev–Trinajstić information content (AvgIpc) is 2.52. The fourth-order valence-corrected chi connectivity index (χ4v) is 1.47. The van der Waals surface area contributed by atoms with Crippen molar-refractivity contribution < 1.29 is 0 Å². The third-order valence-corrected chi connectivity index (χ3v) is 2.46. The maximum absolute atomic E-state index is 8.95. The number of nitrogens with zero attached hydrogens (tertiary/aromatic N) is 6. The first-order chi connectivity index (χ1) is 10.6. The van der Waals surface area contributed by atoms with Crippen LogP contribution in [0, 0.1) is 45.3 Å². The van der Waals surface area contributed by atoms with E-state index in [9.17, 15) is 0 Å². The van der Waals surface area contributed by atoms with E-state index in [1.165, 1.54) is 12.1 Å². The predicted molar refractivity (Wildman–Crippen MR) is 81.1 cm³/mol. The smallest absolute Gasteiger partial charge is 0.132 e. The second kappa shape index (κ2) is 7.65. The van der Waals surface area contributed by atoms with E-state index in [1.54, 1.807) is 12.1 Å². The molecule has 0 saturated carbocycles. The topological polar surface area (TPSA) is 172 Å². The van der Waals surface area contributed by atoms with Gasteiger partial charge in [-0.2, -0.15) is 21.0 Å². The van der Waals surface area contributed by atoms with Crippen molar-refractivity contribution in [1.29, 1.82) is 21.0 Å². The zero-order valence-electron chi connectivity index (χ0n) is 11.4. The standard InChI is InChI=1S/C14H10N8/c15-5-3-9(7-17)21-13-11(19)1-2-12(20)14(13)22-10(8-18)4-6-16/h1-2H,3-4,19-20H2/b21-9+,22-10+. The van der Waals surface area contributed by atoms with Crippen LogP contribution < -0.4 is 11.5 Å². The lowest BCUT2D eigenvalue weighted by Crippen LogP contribution is -1.97. The minimum Gasteiger partial charge on any atom is -0.397 e. The number of nitrogen functional groups attached to an aromatic ring is 2. The zero-order chi connectivity index (χ0) is 16.5. The fourth-order valence-electron chi connectivity index (χ4n) is 1.47. The van der Waals surface area contributed by atoms with Crippen molar-refractivity contribution in [3.05, 3.63) is 12.1 Å². The number of rotatable bonds is 4. The molecule has 0 radical (unpaired) electrons. The molecule has 0 saturated heterocycles. The lowest BCUT2D eigenvalue weighted by molar-refractivity contribution is 1.35. The van der Waals surface area contributed by atoms with Gasteiger partial charge in [-0.3, -0.25) is 0 Å². The van der Waals surface area contributed by atoms with Crippen LogP contribution in [-0.2, 0) is 0 Å². The Morgan fingerprint density at radius 3 is 1.45 bits per heavy atom. The first-order valence-electron chi connectivity index (χ1n) is 5.94. The first-order valence-corrected chi connectivity index (χ1v) is 5.94. The molecule has 0 unspecified atom stereocenters. The van der Waals surface area contributed by atoms with Crippen molar-refractivity contribution in [1.82, 2.24) is 0 Å². The van der Waals surface area contributed by atoms with Gasteiger partial charge in [0.05, 0.1) is 36.4 Å².